The molecule has 16 heavy (non-hydrogen) atoms. The molecule has 1 rings (SSSR count). The van der Waals surface area contributed by atoms with Crippen molar-refractivity contribution in [3.63, 3.8) is 0 Å². The van der Waals surface area contributed by atoms with E-state index in [-0.39, 0.29) is 12.0 Å². The Kier molecular flexibility index (Phi) is 3.60. The minimum absolute atomic E-state index is 0.129. The highest BCUT2D eigenvalue weighted by Crippen LogP contribution is 2.25. The van der Waals surface area contributed by atoms with Gasteiger partial charge in [0.15, 0.2) is 5.54 Å². The van der Waals surface area contributed by atoms with Crippen molar-refractivity contribution in [2.24, 2.45) is 0 Å². The van der Waals surface area contributed by atoms with Crippen molar-refractivity contribution in [2.75, 3.05) is 0 Å². The zero-order valence-corrected chi connectivity index (χ0v) is 8.74. The Labute approximate surface area is 92.1 Å². The predicted molar refractivity (Wildman–Crippen MR) is 55.2 cm³/mol. The van der Waals surface area contributed by atoms with Crippen LogP contribution in [0.1, 0.15) is 18.9 Å². The number of rotatable bonds is 5. The van der Waals surface area contributed by atoms with Gasteiger partial charge in [0.1, 0.15) is 5.82 Å². The largest absolute Gasteiger partial charge is 0.479 e. The Balaban J connectivity index is 3.29. The Hall–Kier alpha value is -1.91. The molecule has 2 N–H and O–H groups in total. The number of halogens is 1. The summed E-state index contributed by atoms with van der Waals surface area (Å²) >= 11 is 0. The summed E-state index contributed by atoms with van der Waals surface area (Å²) in [6, 6.07) is 5.20. The summed E-state index contributed by atoms with van der Waals surface area (Å²) in [6.45, 7) is 1.61. The van der Waals surface area contributed by atoms with E-state index in [4.69, 9.17) is 5.11 Å². The zero-order valence-electron chi connectivity index (χ0n) is 8.74. The van der Waals surface area contributed by atoms with Crippen LogP contribution in [-0.2, 0) is 15.1 Å². The highest BCUT2D eigenvalue weighted by molar-refractivity contribution is 5.83. The summed E-state index contributed by atoms with van der Waals surface area (Å²) in [6.07, 6.45) is 0.438. The van der Waals surface area contributed by atoms with E-state index in [0.717, 1.165) is 6.07 Å². The number of nitrogens with one attached hydrogen (secondary N) is 1. The first-order chi connectivity index (χ1) is 7.56. The number of carboxylic acid groups (broad SMARTS) is 1. The molecule has 0 aliphatic heterocycles. The zero-order chi connectivity index (χ0) is 12.2. The second kappa shape index (κ2) is 4.74. The van der Waals surface area contributed by atoms with Gasteiger partial charge < -0.3 is 10.4 Å². The molecule has 86 valence electrons. The van der Waals surface area contributed by atoms with Crippen LogP contribution in [0, 0.1) is 5.82 Å². The Morgan fingerprint density at radius 2 is 2.31 bits per heavy atom. The summed E-state index contributed by atoms with van der Waals surface area (Å²) < 4.78 is 13.0. The fourth-order valence-corrected chi connectivity index (χ4v) is 1.58. The van der Waals surface area contributed by atoms with Gasteiger partial charge in [-0.3, -0.25) is 4.79 Å². The molecule has 0 spiro atoms. The summed E-state index contributed by atoms with van der Waals surface area (Å²) in [5.41, 5.74) is -1.35. The third kappa shape index (κ3) is 2.03. The van der Waals surface area contributed by atoms with Crippen LogP contribution >= 0.6 is 0 Å². The van der Waals surface area contributed by atoms with Crippen LogP contribution in [0.3, 0.4) is 0 Å². The van der Waals surface area contributed by atoms with Crippen molar-refractivity contribution < 1.29 is 19.1 Å². The fourth-order valence-electron chi connectivity index (χ4n) is 1.58. The van der Waals surface area contributed by atoms with E-state index < -0.39 is 17.3 Å². The van der Waals surface area contributed by atoms with Crippen LogP contribution in [0.15, 0.2) is 24.3 Å². The first-order valence-corrected chi connectivity index (χ1v) is 4.77. The van der Waals surface area contributed by atoms with Gasteiger partial charge in [-0.25, -0.2) is 9.18 Å². The van der Waals surface area contributed by atoms with Gasteiger partial charge in [-0.1, -0.05) is 19.1 Å². The molecule has 0 aliphatic rings. The molecule has 1 unspecified atom stereocenters. The van der Waals surface area contributed by atoms with E-state index in [1.807, 2.05) is 0 Å². The molecule has 1 aromatic rings. The van der Waals surface area contributed by atoms with Gasteiger partial charge in [0.2, 0.25) is 6.41 Å². The molecule has 0 aliphatic carbocycles. The van der Waals surface area contributed by atoms with Gasteiger partial charge in [-0.2, -0.15) is 0 Å². The van der Waals surface area contributed by atoms with Crippen LogP contribution in [0.4, 0.5) is 4.39 Å². The Bertz CT molecular complexity index is 408. The summed E-state index contributed by atoms with van der Waals surface area (Å²) in [7, 11) is 0. The first-order valence-electron chi connectivity index (χ1n) is 4.77. The fraction of sp³-hybridized carbons (Fsp3) is 0.273. The number of benzene rings is 1. The number of hydrogen-bond donors (Lipinski definition) is 2. The van der Waals surface area contributed by atoms with E-state index in [2.05, 4.69) is 5.32 Å². The summed E-state index contributed by atoms with van der Waals surface area (Å²) in [5.74, 6) is -1.75. The maximum absolute atomic E-state index is 13.0. The minimum Gasteiger partial charge on any atom is -0.479 e. The van der Waals surface area contributed by atoms with Crippen LogP contribution in [0.2, 0.25) is 0 Å². The molecule has 0 aromatic heterocycles. The quantitative estimate of drug-likeness (QED) is 0.741. The molecular weight excluding hydrogens is 213 g/mol. The van der Waals surface area contributed by atoms with E-state index in [1.165, 1.54) is 18.2 Å². The lowest BCUT2D eigenvalue weighted by Crippen LogP contribution is -2.48. The van der Waals surface area contributed by atoms with Crippen LogP contribution < -0.4 is 5.32 Å². The second-order valence-corrected chi connectivity index (χ2v) is 3.34. The molecule has 1 aromatic carbocycles. The maximum Gasteiger partial charge on any atom is 0.334 e. The third-order valence-corrected chi connectivity index (χ3v) is 2.52. The SMILES string of the molecule is CCC(NC=O)(C(=O)O)c1cccc(F)c1. The molecule has 0 bridgehead atoms. The van der Waals surface area contributed by atoms with Gasteiger partial charge in [0.05, 0.1) is 0 Å². The van der Waals surface area contributed by atoms with Crippen molar-refractivity contribution in [1.29, 1.82) is 0 Å². The van der Waals surface area contributed by atoms with Crippen molar-refractivity contribution in [3.05, 3.63) is 35.6 Å². The number of carboxylic acids is 1. The highest BCUT2D eigenvalue weighted by atomic mass is 19.1. The Morgan fingerprint density at radius 3 is 2.75 bits per heavy atom. The monoisotopic (exact) mass is 225 g/mol. The average Bonchev–Trinajstić information content (AvgIpc) is 2.25. The maximum atomic E-state index is 13.0. The number of hydrogen-bond acceptors (Lipinski definition) is 2. The lowest BCUT2D eigenvalue weighted by Gasteiger charge is -2.27. The molecule has 4 nitrogen and oxygen atoms in total. The summed E-state index contributed by atoms with van der Waals surface area (Å²) in [5, 5.41) is 11.4. The van der Waals surface area contributed by atoms with Crippen molar-refractivity contribution in [1.82, 2.24) is 5.32 Å². The molecule has 1 atom stereocenters. The molecule has 0 radical (unpaired) electrons. The van der Waals surface area contributed by atoms with Gasteiger partial charge in [-0.15, -0.1) is 0 Å². The van der Waals surface area contributed by atoms with E-state index in [9.17, 15) is 14.0 Å². The van der Waals surface area contributed by atoms with Gasteiger partial charge in [0, 0.05) is 0 Å². The van der Waals surface area contributed by atoms with E-state index >= 15 is 0 Å². The van der Waals surface area contributed by atoms with Crippen molar-refractivity contribution in [2.45, 2.75) is 18.9 Å². The Morgan fingerprint density at radius 1 is 1.62 bits per heavy atom. The summed E-state index contributed by atoms with van der Waals surface area (Å²) in [4.78, 5) is 21.7. The second-order valence-electron chi connectivity index (χ2n) is 3.34. The van der Waals surface area contributed by atoms with E-state index in [0.29, 0.717) is 6.41 Å². The number of carbonyl (C=O) groups excluding carboxylic acids is 1. The molecular formula is C11H12FNO3. The molecule has 0 fully saturated rings. The first kappa shape index (κ1) is 12.2. The number of amides is 1. The standard InChI is InChI=1S/C11H12FNO3/c1-2-11(10(15)16,13-7-14)8-4-3-5-9(12)6-8/h3-7H,2H2,1H3,(H,13,14)(H,15,16). The number of carbonyl (C=O) groups is 2. The molecule has 0 saturated heterocycles. The predicted octanol–water partition coefficient (Wildman–Crippen LogP) is 1.26. The number of aliphatic carboxylic acids is 1. The van der Waals surface area contributed by atoms with E-state index in [1.54, 1.807) is 6.92 Å². The average molecular weight is 225 g/mol. The van der Waals surface area contributed by atoms with Crippen LogP contribution in [0.25, 0.3) is 0 Å². The topological polar surface area (TPSA) is 66.4 Å². The van der Waals surface area contributed by atoms with Crippen molar-refractivity contribution in [3.8, 4) is 0 Å². The minimum atomic E-state index is -1.57. The lowest BCUT2D eigenvalue weighted by molar-refractivity contribution is -0.147. The molecule has 1 amide bonds. The third-order valence-electron chi connectivity index (χ3n) is 2.52. The normalized spacial score (nSPS) is 13.9. The van der Waals surface area contributed by atoms with Crippen LogP contribution in [0.5, 0.6) is 0 Å². The molecule has 0 heterocycles. The van der Waals surface area contributed by atoms with Crippen LogP contribution in [-0.4, -0.2) is 17.5 Å². The highest BCUT2D eigenvalue weighted by Gasteiger charge is 2.38. The van der Waals surface area contributed by atoms with Crippen molar-refractivity contribution >= 4 is 12.4 Å². The van der Waals surface area contributed by atoms with Gasteiger partial charge in [-0.05, 0) is 24.1 Å². The van der Waals surface area contributed by atoms with Gasteiger partial charge >= 0.3 is 5.97 Å². The molecule has 5 heteroatoms. The van der Waals surface area contributed by atoms with Gasteiger partial charge in [0.25, 0.3) is 0 Å². The smallest absolute Gasteiger partial charge is 0.334 e. The molecule has 0 saturated carbocycles. The lowest BCUT2D eigenvalue weighted by atomic mass is 9.87.